The van der Waals surface area contributed by atoms with Crippen molar-refractivity contribution in [3.63, 3.8) is 0 Å². The van der Waals surface area contributed by atoms with Gasteiger partial charge in [0, 0.05) is 6.04 Å². The van der Waals surface area contributed by atoms with Crippen molar-refractivity contribution in [1.82, 2.24) is 10.6 Å². The van der Waals surface area contributed by atoms with Crippen molar-refractivity contribution in [2.75, 3.05) is 0 Å². The number of primary amides is 1. The third-order valence-corrected chi connectivity index (χ3v) is 4.35. The second-order valence-electron chi connectivity index (χ2n) is 6.08. The molecule has 1 fully saturated rings. The van der Waals surface area contributed by atoms with Crippen molar-refractivity contribution in [2.24, 2.45) is 11.7 Å². The summed E-state index contributed by atoms with van der Waals surface area (Å²) in [6, 6.07) is 9.00. The largest absolute Gasteiger partial charge is 0.352 e. The Morgan fingerprint density at radius 1 is 1.18 bits per heavy atom. The molecule has 0 aliphatic heterocycles. The van der Waals surface area contributed by atoms with Crippen molar-refractivity contribution in [3.8, 4) is 0 Å². The van der Waals surface area contributed by atoms with E-state index in [1.54, 1.807) is 6.92 Å². The zero-order valence-corrected chi connectivity index (χ0v) is 13.0. The Hall–Kier alpha value is -2.04. The number of nitrogens with two attached hydrogens (primary N) is 1. The minimum atomic E-state index is -0.678. The van der Waals surface area contributed by atoms with Gasteiger partial charge in [0.1, 0.15) is 6.04 Å². The highest BCUT2D eigenvalue weighted by molar-refractivity contribution is 5.86. The van der Waals surface area contributed by atoms with Crippen molar-refractivity contribution in [3.05, 3.63) is 35.9 Å². The fourth-order valence-electron chi connectivity index (χ4n) is 3.15. The van der Waals surface area contributed by atoms with E-state index in [1.165, 1.54) is 18.4 Å². The van der Waals surface area contributed by atoms with E-state index in [0.717, 1.165) is 19.3 Å². The Morgan fingerprint density at radius 3 is 2.41 bits per heavy atom. The monoisotopic (exact) mass is 303 g/mol. The van der Waals surface area contributed by atoms with E-state index < -0.39 is 12.1 Å². The number of amides is 3. The molecule has 0 saturated heterocycles. The van der Waals surface area contributed by atoms with E-state index in [-0.39, 0.29) is 11.9 Å². The van der Waals surface area contributed by atoms with Crippen LogP contribution in [-0.4, -0.2) is 24.0 Å². The van der Waals surface area contributed by atoms with Crippen LogP contribution in [0.5, 0.6) is 0 Å². The molecule has 1 aliphatic rings. The molecule has 1 aliphatic carbocycles. The van der Waals surface area contributed by atoms with Gasteiger partial charge in [-0.05, 0) is 37.7 Å². The first-order chi connectivity index (χ1) is 10.6. The molecule has 22 heavy (non-hydrogen) atoms. The Labute approximate surface area is 131 Å². The van der Waals surface area contributed by atoms with Crippen LogP contribution in [-0.2, 0) is 11.2 Å². The maximum atomic E-state index is 12.3. The van der Waals surface area contributed by atoms with Crippen molar-refractivity contribution < 1.29 is 9.59 Å². The predicted octanol–water partition coefficient (Wildman–Crippen LogP) is 1.96. The summed E-state index contributed by atoms with van der Waals surface area (Å²) in [6.07, 6.45) is 5.56. The van der Waals surface area contributed by atoms with Gasteiger partial charge >= 0.3 is 6.03 Å². The Balaban J connectivity index is 2.01. The van der Waals surface area contributed by atoms with E-state index in [9.17, 15) is 9.59 Å². The third kappa shape index (κ3) is 4.76. The van der Waals surface area contributed by atoms with E-state index in [2.05, 4.69) is 22.8 Å². The fraction of sp³-hybridized carbons (Fsp3) is 0.529. The third-order valence-electron chi connectivity index (χ3n) is 4.35. The normalized spacial score (nSPS) is 17.7. The lowest BCUT2D eigenvalue weighted by atomic mass is 9.92. The molecule has 1 aromatic rings. The van der Waals surface area contributed by atoms with Crippen LogP contribution >= 0.6 is 0 Å². The van der Waals surface area contributed by atoms with Crippen LogP contribution in [0.25, 0.3) is 0 Å². The Bertz CT molecular complexity index is 498. The first-order valence-corrected chi connectivity index (χ1v) is 7.96. The fourth-order valence-corrected chi connectivity index (χ4v) is 3.15. The highest BCUT2D eigenvalue weighted by atomic mass is 16.2. The van der Waals surface area contributed by atoms with Gasteiger partial charge in [-0.2, -0.15) is 0 Å². The first-order valence-electron chi connectivity index (χ1n) is 7.96. The van der Waals surface area contributed by atoms with Crippen LogP contribution < -0.4 is 16.4 Å². The van der Waals surface area contributed by atoms with Gasteiger partial charge in [-0.15, -0.1) is 0 Å². The topological polar surface area (TPSA) is 84.2 Å². The molecule has 0 radical (unpaired) electrons. The molecule has 1 aromatic carbocycles. The number of hydrogen-bond donors (Lipinski definition) is 3. The highest BCUT2D eigenvalue weighted by Crippen LogP contribution is 2.29. The Kier molecular flexibility index (Phi) is 5.81. The zero-order valence-electron chi connectivity index (χ0n) is 13.0. The number of carbonyl (C=O) groups excluding carboxylic acids is 2. The van der Waals surface area contributed by atoms with Crippen LogP contribution in [0.1, 0.15) is 38.2 Å². The van der Waals surface area contributed by atoms with Gasteiger partial charge in [0.2, 0.25) is 5.91 Å². The zero-order chi connectivity index (χ0) is 15.9. The summed E-state index contributed by atoms with van der Waals surface area (Å²) >= 11 is 0. The lowest BCUT2D eigenvalue weighted by Gasteiger charge is -2.26. The molecule has 2 unspecified atom stereocenters. The van der Waals surface area contributed by atoms with Crippen LogP contribution in [0.3, 0.4) is 0 Å². The standard InChI is InChI=1S/C17H25N3O2/c1-12(19-17(18)22)16(21)20-15(14-9-5-6-10-14)11-13-7-3-2-4-8-13/h2-4,7-8,12,14-15H,5-6,9-11H2,1H3,(H,20,21)(H3,18,19,22). The minimum absolute atomic E-state index is 0.106. The van der Waals surface area contributed by atoms with Gasteiger partial charge in [-0.3, -0.25) is 4.79 Å². The number of rotatable bonds is 6. The molecule has 3 amide bonds. The average molecular weight is 303 g/mol. The predicted molar refractivity (Wildman–Crippen MR) is 86.2 cm³/mol. The molecule has 5 nitrogen and oxygen atoms in total. The molecule has 2 atom stereocenters. The first kappa shape index (κ1) is 16.3. The summed E-state index contributed by atoms with van der Waals surface area (Å²) in [6.45, 7) is 1.65. The molecule has 2 rings (SSSR count). The van der Waals surface area contributed by atoms with Gasteiger partial charge in [0.15, 0.2) is 0 Å². The molecular formula is C17H25N3O2. The number of hydrogen-bond acceptors (Lipinski definition) is 2. The summed E-state index contributed by atoms with van der Waals surface area (Å²) in [5.41, 5.74) is 6.30. The van der Waals surface area contributed by atoms with E-state index >= 15 is 0 Å². The van der Waals surface area contributed by atoms with Gasteiger partial charge < -0.3 is 16.4 Å². The quantitative estimate of drug-likeness (QED) is 0.750. The lowest BCUT2D eigenvalue weighted by Crippen LogP contribution is -2.51. The van der Waals surface area contributed by atoms with Crippen molar-refractivity contribution in [1.29, 1.82) is 0 Å². The number of benzene rings is 1. The molecule has 5 heteroatoms. The summed E-state index contributed by atoms with van der Waals surface area (Å²) < 4.78 is 0. The second-order valence-corrected chi connectivity index (χ2v) is 6.08. The van der Waals surface area contributed by atoms with Gasteiger partial charge in [0.25, 0.3) is 0 Å². The summed E-state index contributed by atoms with van der Waals surface area (Å²) in [5, 5.41) is 5.53. The van der Waals surface area contributed by atoms with Gasteiger partial charge in [-0.1, -0.05) is 43.2 Å². The van der Waals surface area contributed by atoms with Gasteiger partial charge in [-0.25, -0.2) is 4.79 Å². The van der Waals surface area contributed by atoms with E-state index in [4.69, 9.17) is 5.73 Å². The SMILES string of the molecule is CC(NC(N)=O)C(=O)NC(Cc1ccccc1)C1CCCC1. The van der Waals surface area contributed by atoms with Crippen molar-refractivity contribution >= 4 is 11.9 Å². The molecule has 120 valence electrons. The minimum Gasteiger partial charge on any atom is -0.352 e. The Morgan fingerprint density at radius 2 is 1.82 bits per heavy atom. The second kappa shape index (κ2) is 7.82. The smallest absolute Gasteiger partial charge is 0.312 e. The number of carbonyl (C=O) groups is 2. The molecule has 0 bridgehead atoms. The van der Waals surface area contributed by atoms with Crippen molar-refractivity contribution in [2.45, 2.75) is 51.1 Å². The summed E-state index contributed by atoms with van der Waals surface area (Å²) in [4.78, 5) is 23.1. The molecule has 4 N–H and O–H groups in total. The molecule has 1 saturated carbocycles. The molecular weight excluding hydrogens is 278 g/mol. The van der Waals surface area contributed by atoms with E-state index in [0.29, 0.717) is 5.92 Å². The number of urea groups is 1. The molecule has 0 aromatic heterocycles. The maximum absolute atomic E-state index is 12.3. The van der Waals surface area contributed by atoms with Crippen LogP contribution in [0.15, 0.2) is 30.3 Å². The van der Waals surface area contributed by atoms with Crippen LogP contribution in [0, 0.1) is 5.92 Å². The van der Waals surface area contributed by atoms with E-state index in [1.807, 2.05) is 18.2 Å². The van der Waals surface area contributed by atoms with Crippen LogP contribution in [0.2, 0.25) is 0 Å². The summed E-state index contributed by atoms with van der Waals surface area (Å²) in [7, 11) is 0. The molecule has 0 spiro atoms. The van der Waals surface area contributed by atoms with Gasteiger partial charge in [0.05, 0.1) is 0 Å². The maximum Gasteiger partial charge on any atom is 0.312 e. The lowest BCUT2D eigenvalue weighted by molar-refractivity contribution is -0.123. The highest BCUT2D eigenvalue weighted by Gasteiger charge is 2.28. The molecule has 0 heterocycles. The van der Waals surface area contributed by atoms with Crippen LogP contribution in [0.4, 0.5) is 4.79 Å². The summed E-state index contributed by atoms with van der Waals surface area (Å²) in [5.74, 6) is 0.330. The number of nitrogens with one attached hydrogen (secondary N) is 2. The average Bonchev–Trinajstić information content (AvgIpc) is 3.01.